The van der Waals surface area contributed by atoms with Crippen LogP contribution in [0.4, 0.5) is 4.39 Å². The van der Waals surface area contributed by atoms with E-state index < -0.39 is 12.3 Å². The van der Waals surface area contributed by atoms with Gasteiger partial charge in [-0.15, -0.1) is 10.2 Å². The molecule has 2 aromatic heterocycles. The first-order chi connectivity index (χ1) is 15.5. The molecule has 32 heavy (non-hydrogen) atoms. The van der Waals surface area contributed by atoms with Crippen molar-refractivity contribution < 1.29 is 14.2 Å². The van der Waals surface area contributed by atoms with Crippen molar-refractivity contribution in [2.24, 2.45) is 7.05 Å². The van der Waals surface area contributed by atoms with E-state index >= 15 is 0 Å². The second-order valence-electron chi connectivity index (χ2n) is 8.45. The molecule has 0 amide bonds. The van der Waals surface area contributed by atoms with Crippen LogP contribution in [-0.4, -0.2) is 49.2 Å². The SMILES string of the molecule is Cn1cnc(-c2ccc(-c3ccc(O[C@@H]4C[C@H]5CCC[C@H](N5)[C@@H]4F)nn3)c(O)c2)cc1=O. The zero-order valence-corrected chi connectivity index (χ0v) is 17.6. The Morgan fingerprint density at radius 1 is 1.16 bits per heavy atom. The molecule has 0 saturated carbocycles. The Labute approximate surface area is 184 Å². The van der Waals surface area contributed by atoms with E-state index in [4.69, 9.17) is 4.74 Å². The van der Waals surface area contributed by atoms with Gasteiger partial charge in [0.15, 0.2) is 6.17 Å². The van der Waals surface area contributed by atoms with Crippen LogP contribution in [0.25, 0.3) is 22.5 Å². The summed E-state index contributed by atoms with van der Waals surface area (Å²) >= 11 is 0. The van der Waals surface area contributed by atoms with Gasteiger partial charge in [0, 0.05) is 48.8 Å². The quantitative estimate of drug-likeness (QED) is 0.647. The number of rotatable bonds is 4. The van der Waals surface area contributed by atoms with Crippen LogP contribution in [0.5, 0.6) is 11.6 Å². The predicted molar refractivity (Wildman–Crippen MR) is 116 cm³/mol. The lowest BCUT2D eigenvalue weighted by molar-refractivity contribution is 0.00652. The lowest BCUT2D eigenvalue weighted by Gasteiger charge is -2.42. The maximum absolute atomic E-state index is 14.7. The number of aromatic nitrogens is 4. The summed E-state index contributed by atoms with van der Waals surface area (Å²) in [5.74, 6) is 0.254. The van der Waals surface area contributed by atoms with E-state index in [2.05, 4.69) is 20.5 Å². The van der Waals surface area contributed by atoms with Crippen LogP contribution in [0.2, 0.25) is 0 Å². The molecule has 3 aromatic rings. The summed E-state index contributed by atoms with van der Waals surface area (Å²) in [5, 5.41) is 22.1. The maximum atomic E-state index is 14.7. The van der Waals surface area contributed by atoms with E-state index in [0.717, 1.165) is 19.3 Å². The van der Waals surface area contributed by atoms with Crippen LogP contribution in [-0.2, 0) is 7.05 Å². The fourth-order valence-electron chi connectivity index (χ4n) is 4.48. The smallest absolute Gasteiger partial charge is 0.253 e. The van der Waals surface area contributed by atoms with Gasteiger partial charge >= 0.3 is 0 Å². The minimum atomic E-state index is -1.08. The number of aromatic hydroxyl groups is 1. The van der Waals surface area contributed by atoms with Crippen molar-refractivity contribution in [2.75, 3.05) is 0 Å². The average Bonchev–Trinajstić information content (AvgIpc) is 2.80. The lowest BCUT2D eigenvalue weighted by Crippen LogP contribution is -2.59. The third kappa shape index (κ3) is 3.95. The number of nitrogens with one attached hydrogen (secondary N) is 1. The third-order valence-corrected chi connectivity index (χ3v) is 6.23. The molecule has 5 rings (SSSR count). The molecular formula is C23H24FN5O3. The number of nitrogens with zero attached hydrogens (tertiary/aromatic N) is 4. The summed E-state index contributed by atoms with van der Waals surface area (Å²) in [6.07, 6.45) is 3.34. The van der Waals surface area contributed by atoms with E-state index in [9.17, 15) is 14.3 Å². The summed E-state index contributed by atoms with van der Waals surface area (Å²) in [4.78, 5) is 16.1. The molecule has 0 spiro atoms. The summed E-state index contributed by atoms with van der Waals surface area (Å²) in [7, 11) is 1.62. The number of phenolic OH excluding ortho intramolecular Hbond substituents is 1. The zero-order valence-electron chi connectivity index (χ0n) is 17.6. The van der Waals surface area contributed by atoms with Gasteiger partial charge in [0.1, 0.15) is 11.9 Å². The van der Waals surface area contributed by atoms with Crippen molar-refractivity contribution >= 4 is 0 Å². The topological polar surface area (TPSA) is 102 Å². The summed E-state index contributed by atoms with van der Waals surface area (Å²) in [5.41, 5.74) is 1.83. The Bertz CT molecular complexity index is 1180. The standard InChI is InChI=1S/C23H24FN5O3/c1-29-12-25-18(11-22(29)31)13-5-6-15(19(30)9-13)16-7-8-21(28-27-16)32-20-10-14-3-2-4-17(26-14)23(20)24/h5-9,11-12,14,17,20,23,26,30H,2-4,10H2,1H3/t14-,17+,20-,23+/m1/s1. The van der Waals surface area contributed by atoms with Crippen molar-refractivity contribution in [1.29, 1.82) is 0 Å². The molecule has 0 aliphatic carbocycles. The van der Waals surface area contributed by atoms with Gasteiger partial charge in [-0.3, -0.25) is 4.79 Å². The number of hydrogen-bond acceptors (Lipinski definition) is 7. The van der Waals surface area contributed by atoms with E-state index in [0.29, 0.717) is 28.9 Å². The average molecular weight is 437 g/mol. The fraction of sp³-hybridized carbons (Fsp3) is 0.391. The van der Waals surface area contributed by atoms with E-state index in [-0.39, 0.29) is 29.3 Å². The Hall–Kier alpha value is -3.33. The number of halogens is 1. The van der Waals surface area contributed by atoms with Crippen molar-refractivity contribution in [2.45, 2.75) is 50.0 Å². The second kappa shape index (κ2) is 8.31. The first kappa shape index (κ1) is 20.6. The summed E-state index contributed by atoms with van der Waals surface area (Å²) in [6, 6.07) is 9.84. The Kier molecular flexibility index (Phi) is 5.34. The third-order valence-electron chi connectivity index (χ3n) is 6.23. The molecule has 166 valence electrons. The molecule has 2 N–H and O–H groups in total. The Morgan fingerprint density at radius 3 is 2.78 bits per heavy atom. The highest BCUT2D eigenvalue weighted by atomic mass is 19.1. The van der Waals surface area contributed by atoms with Crippen molar-refractivity contribution in [3.05, 3.63) is 53.1 Å². The van der Waals surface area contributed by atoms with E-state index in [1.165, 1.54) is 23.0 Å². The van der Waals surface area contributed by atoms with Crippen LogP contribution in [0.3, 0.4) is 0 Å². The fourth-order valence-corrected chi connectivity index (χ4v) is 4.48. The van der Waals surface area contributed by atoms with Gasteiger partial charge < -0.3 is 19.7 Å². The number of piperidine rings is 2. The van der Waals surface area contributed by atoms with Gasteiger partial charge in [-0.05, 0) is 31.0 Å². The van der Waals surface area contributed by atoms with Crippen LogP contribution in [0.1, 0.15) is 25.7 Å². The monoisotopic (exact) mass is 437 g/mol. The zero-order chi connectivity index (χ0) is 22.2. The van der Waals surface area contributed by atoms with Crippen molar-refractivity contribution in [3.63, 3.8) is 0 Å². The molecular weight excluding hydrogens is 413 g/mol. The largest absolute Gasteiger partial charge is 0.507 e. The highest BCUT2D eigenvalue weighted by Gasteiger charge is 2.41. The van der Waals surface area contributed by atoms with Gasteiger partial charge in [0.2, 0.25) is 5.88 Å². The number of alkyl halides is 1. The molecule has 2 saturated heterocycles. The van der Waals surface area contributed by atoms with Gasteiger partial charge in [0.25, 0.3) is 5.56 Å². The molecule has 2 bridgehead atoms. The highest BCUT2D eigenvalue weighted by Crippen LogP contribution is 2.33. The number of benzene rings is 1. The normalized spacial score (nSPS) is 24.8. The second-order valence-corrected chi connectivity index (χ2v) is 8.45. The molecule has 2 aliphatic heterocycles. The molecule has 0 unspecified atom stereocenters. The van der Waals surface area contributed by atoms with E-state index in [1.807, 2.05) is 0 Å². The highest BCUT2D eigenvalue weighted by molar-refractivity contribution is 5.72. The predicted octanol–water partition coefficient (Wildman–Crippen LogP) is 2.61. The molecule has 2 fully saturated rings. The number of hydrogen-bond donors (Lipinski definition) is 2. The van der Waals surface area contributed by atoms with E-state index in [1.54, 1.807) is 31.3 Å². The first-order valence-electron chi connectivity index (χ1n) is 10.7. The first-order valence-corrected chi connectivity index (χ1v) is 10.7. The maximum Gasteiger partial charge on any atom is 0.253 e. The molecule has 8 nitrogen and oxygen atoms in total. The Morgan fingerprint density at radius 2 is 2.03 bits per heavy atom. The van der Waals surface area contributed by atoms with Gasteiger partial charge in [-0.2, -0.15) is 0 Å². The molecule has 2 aliphatic rings. The van der Waals surface area contributed by atoms with Gasteiger partial charge in [-0.25, -0.2) is 9.37 Å². The molecule has 1 aromatic carbocycles. The number of fused-ring (bicyclic) bond motifs is 2. The van der Waals surface area contributed by atoms with Crippen LogP contribution in [0, 0.1) is 0 Å². The van der Waals surface area contributed by atoms with Crippen LogP contribution in [0.15, 0.2) is 47.5 Å². The minimum absolute atomic E-state index is 0.0112. The number of ether oxygens (including phenoxy) is 1. The minimum Gasteiger partial charge on any atom is -0.507 e. The van der Waals surface area contributed by atoms with Crippen LogP contribution < -0.4 is 15.6 Å². The van der Waals surface area contributed by atoms with Crippen molar-refractivity contribution in [1.82, 2.24) is 25.1 Å². The number of aryl methyl sites for hydroxylation is 1. The Balaban J connectivity index is 1.32. The molecule has 4 heterocycles. The number of phenols is 1. The summed E-state index contributed by atoms with van der Waals surface area (Å²) < 4.78 is 21.9. The van der Waals surface area contributed by atoms with Gasteiger partial charge in [-0.1, -0.05) is 12.5 Å². The molecule has 4 atom stereocenters. The lowest BCUT2D eigenvalue weighted by atomic mass is 9.84. The molecule has 0 radical (unpaired) electrons. The molecule has 9 heteroatoms. The van der Waals surface area contributed by atoms with Crippen molar-refractivity contribution in [3.8, 4) is 34.1 Å². The summed E-state index contributed by atoms with van der Waals surface area (Å²) in [6.45, 7) is 0. The van der Waals surface area contributed by atoms with Gasteiger partial charge in [0.05, 0.1) is 17.7 Å². The van der Waals surface area contributed by atoms with Crippen LogP contribution >= 0.6 is 0 Å².